The second-order valence-corrected chi connectivity index (χ2v) is 7.66. The highest BCUT2D eigenvalue weighted by Crippen LogP contribution is 2.20. The van der Waals surface area contributed by atoms with Crippen molar-refractivity contribution in [1.29, 1.82) is 0 Å². The molecule has 0 saturated carbocycles. The molecule has 0 aromatic heterocycles. The van der Waals surface area contributed by atoms with Gasteiger partial charge < -0.3 is 14.7 Å². The van der Waals surface area contributed by atoms with E-state index in [0.29, 0.717) is 6.54 Å². The molecule has 1 unspecified atom stereocenters. The van der Waals surface area contributed by atoms with Crippen LogP contribution < -0.4 is 9.80 Å². The average molecular weight is 393 g/mol. The van der Waals surface area contributed by atoms with Gasteiger partial charge in [0.2, 0.25) is 0 Å². The quantitative estimate of drug-likeness (QED) is 0.845. The van der Waals surface area contributed by atoms with Gasteiger partial charge in [0.1, 0.15) is 6.54 Å². The lowest BCUT2D eigenvalue weighted by molar-refractivity contribution is -0.885. The van der Waals surface area contributed by atoms with E-state index in [-0.39, 0.29) is 5.91 Å². The summed E-state index contributed by atoms with van der Waals surface area (Å²) in [5.74, 6) is 0.204. The first-order valence-electron chi connectivity index (χ1n) is 8.85. The maximum atomic E-state index is 12.6. The van der Waals surface area contributed by atoms with Gasteiger partial charge in [-0.15, -0.1) is 0 Å². The topological polar surface area (TPSA) is 28.0 Å². The average Bonchev–Trinajstić information content (AvgIpc) is 2.61. The van der Waals surface area contributed by atoms with Crippen molar-refractivity contribution < 1.29 is 9.69 Å². The third-order valence-electron chi connectivity index (χ3n) is 4.65. The predicted octanol–water partition coefficient (Wildman–Crippen LogP) is 2.36. The number of nitrogens with zero attached hydrogens (tertiary/aromatic N) is 2. The van der Waals surface area contributed by atoms with E-state index in [2.05, 4.69) is 11.0 Å². The molecule has 1 N–H and O–H groups in total. The maximum absolute atomic E-state index is 12.6. The fourth-order valence-electron chi connectivity index (χ4n) is 3.31. The van der Waals surface area contributed by atoms with Crippen LogP contribution >= 0.6 is 23.2 Å². The third-order valence-corrected chi connectivity index (χ3v) is 5.12. The minimum absolute atomic E-state index is 0.204. The number of carbonyl (C=O) groups is 1. The van der Waals surface area contributed by atoms with Crippen LogP contribution in [0.5, 0.6) is 0 Å². The summed E-state index contributed by atoms with van der Waals surface area (Å²) in [5, 5.41) is 1.48. The number of benzene rings is 2. The number of amides is 1. The van der Waals surface area contributed by atoms with Gasteiger partial charge in [-0.2, -0.15) is 0 Å². The Labute approximate surface area is 164 Å². The van der Waals surface area contributed by atoms with Crippen LogP contribution in [0.4, 0.5) is 5.69 Å². The monoisotopic (exact) mass is 392 g/mol. The van der Waals surface area contributed by atoms with Gasteiger partial charge in [-0.25, -0.2) is 0 Å². The Balaban J connectivity index is 1.49. The first-order chi connectivity index (χ1) is 12.5. The standard InChI is InChI=1S/C20H23Cl2N3O/c1-23(14-16-4-2-5-17(21)12-16)15-20(26)25-10-8-24(9-11-25)19-7-3-6-18(22)13-19/h2-7,12-13H,8-11,14-15H2,1H3/p+1. The van der Waals surface area contributed by atoms with Crippen LogP contribution in [0.2, 0.25) is 10.0 Å². The zero-order valence-electron chi connectivity index (χ0n) is 14.9. The molecule has 1 saturated heterocycles. The van der Waals surface area contributed by atoms with E-state index in [0.717, 1.165) is 58.9 Å². The largest absolute Gasteiger partial charge is 0.368 e. The van der Waals surface area contributed by atoms with Crippen LogP contribution in [0.15, 0.2) is 48.5 Å². The van der Waals surface area contributed by atoms with Crippen molar-refractivity contribution in [2.24, 2.45) is 0 Å². The second kappa shape index (κ2) is 8.76. The van der Waals surface area contributed by atoms with Crippen LogP contribution in [0.1, 0.15) is 5.56 Å². The van der Waals surface area contributed by atoms with Crippen LogP contribution in [0, 0.1) is 0 Å². The number of halogens is 2. The van der Waals surface area contributed by atoms with E-state index in [4.69, 9.17) is 23.2 Å². The van der Waals surface area contributed by atoms with E-state index in [1.807, 2.05) is 54.4 Å². The minimum atomic E-state index is 0.204. The van der Waals surface area contributed by atoms with Gasteiger partial charge >= 0.3 is 0 Å². The number of likely N-dealkylation sites (N-methyl/N-ethyl adjacent to an activating group) is 1. The fourth-order valence-corrected chi connectivity index (χ4v) is 3.71. The molecule has 3 rings (SSSR count). The molecule has 2 aromatic rings. The maximum Gasteiger partial charge on any atom is 0.277 e. The van der Waals surface area contributed by atoms with E-state index < -0.39 is 0 Å². The van der Waals surface area contributed by atoms with Crippen molar-refractivity contribution in [3.63, 3.8) is 0 Å². The molecule has 2 aromatic carbocycles. The lowest BCUT2D eigenvalue weighted by atomic mass is 10.2. The normalized spacial score (nSPS) is 15.8. The zero-order chi connectivity index (χ0) is 18.5. The molecule has 1 aliphatic heterocycles. The summed E-state index contributed by atoms with van der Waals surface area (Å²) in [7, 11) is 2.04. The minimum Gasteiger partial charge on any atom is -0.368 e. The van der Waals surface area contributed by atoms with Gasteiger partial charge in [0.25, 0.3) is 5.91 Å². The number of quaternary nitrogens is 1. The van der Waals surface area contributed by atoms with Gasteiger partial charge in [-0.05, 0) is 30.3 Å². The van der Waals surface area contributed by atoms with Gasteiger partial charge in [0, 0.05) is 47.5 Å². The molecule has 1 heterocycles. The fraction of sp³-hybridized carbons (Fsp3) is 0.350. The summed E-state index contributed by atoms with van der Waals surface area (Å²) in [6.07, 6.45) is 0. The number of anilines is 1. The van der Waals surface area contributed by atoms with Crippen LogP contribution in [-0.2, 0) is 11.3 Å². The number of piperazine rings is 1. The molecule has 0 bridgehead atoms. The molecular weight excluding hydrogens is 369 g/mol. The molecule has 6 heteroatoms. The van der Waals surface area contributed by atoms with Gasteiger partial charge in [0.05, 0.1) is 7.05 Å². The first kappa shape index (κ1) is 19.0. The molecule has 1 atom stereocenters. The van der Waals surface area contributed by atoms with Crippen molar-refractivity contribution in [2.75, 3.05) is 44.7 Å². The van der Waals surface area contributed by atoms with E-state index in [1.54, 1.807) is 0 Å². The van der Waals surface area contributed by atoms with E-state index >= 15 is 0 Å². The highest BCUT2D eigenvalue weighted by atomic mass is 35.5. The molecule has 1 amide bonds. The summed E-state index contributed by atoms with van der Waals surface area (Å²) >= 11 is 12.1. The smallest absolute Gasteiger partial charge is 0.277 e. The number of rotatable bonds is 5. The van der Waals surface area contributed by atoms with Crippen LogP contribution in [-0.4, -0.2) is 50.6 Å². The summed E-state index contributed by atoms with van der Waals surface area (Å²) in [4.78, 5) is 18.0. The van der Waals surface area contributed by atoms with E-state index in [1.165, 1.54) is 0 Å². The Morgan fingerprint density at radius 2 is 1.65 bits per heavy atom. The lowest BCUT2D eigenvalue weighted by Crippen LogP contribution is -3.09. The Morgan fingerprint density at radius 3 is 2.31 bits per heavy atom. The summed E-state index contributed by atoms with van der Waals surface area (Å²) in [6, 6.07) is 15.7. The van der Waals surface area contributed by atoms with Crippen molar-refractivity contribution in [3.05, 3.63) is 64.1 Å². The molecule has 0 aliphatic carbocycles. The molecule has 0 radical (unpaired) electrons. The highest BCUT2D eigenvalue weighted by molar-refractivity contribution is 6.31. The zero-order valence-corrected chi connectivity index (χ0v) is 16.4. The number of nitrogens with one attached hydrogen (secondary N) is 1. The lowest BCUT2D eigenvalue weighted by Gasteiger charge is -2.36. The molecular formula is C20H24Cl2N3O+. The van der Waals surface area contributed by atoms with Gasteiger partial charge in [-0.3, -0.25) is 4.79 Å². The van der Waals surface area contributed by atoms with Crippen molar-refractivity contribution in [2.45, 2.75) is 6.54 Å². The van der Waals surface area contributed by atoms with Gasteiger partial charge in [0.15, 0.2) is 6.54 Å². The second-order valence-electron chi connectivity index (χ2n) is 6.79. The molecule has 1 fully saturated rings. The third kappa shape index (κ3) is 5.13. The van der Waals surface area contributed by atoms with Crippen LogP contribution in [0.3, 0.4) is 0 Å². The Bertz CT molecular complexity index is 760. The molecule has 4 nitrogen and oxygen atoms in total. The Kier molecular flexibility index (Phi) is 6.41. The summed E-state index contributed by atoms with van der Waals surface area (Å²) in [6.45, 7) is 4.43. The van der Waals surface area contributed by atoms with Crippen molar-refractivity contribution >= 4 is 34.8 Å². The number of carbonyl (C=O) groups excluding carboxylic acids is 1. The Hall–Kier alpha value is -1.75. The van der Waals surface area contributed by atoms with Crippen molar-refractivity contribution in [1.82, 2.24) is 4.90 Å². The molecule has 26 heavy (non-hydrogen) atoms. The molecule has 138 valence electrons. The summed E-state index contributed by atoms with van der Waals surface area (Å²) in [5.41, 5.74) is 2.27. The van der Waals surface area contributed by atoms with Crippen LogP contribution in [0.25, 0.3) is 0 Å². The van der Waals surface area contributed by atoms with Gasteiger partial charge in [-0.1, -0.05) is 41.4 Å². The SMILES string of the molecule is C[NH+](CC(=O)N1CCN(c2cccc(Cl)c2)CC1)Cc1cccc(Cl)c1. The number of hydrogen-bond donors (Lipinski definition) is 1. The van der Waals surface area contributed by atoms with Crippen molar-refractivity contribution in [3.8, 4) is 0 Å². The Morgan fingerprint density at radius 1 is 1.00 bits per heavy atom. The molecule has 1 aliphatic rings. The predicted molar refractivity (Wildman–Crippen MR) is 107 cm³/mol. The molecule has 0 spiro atoms. The highest BCUT2D eigenvalue weighted by Gasteiger charge is 2.23. The first-order valence-corrected chi connectivity index (χ1v) is 9.61. The summed E-state index contributed by atoms with van der Waals surface area (Å²) < 4.78 is 0. The van der Waals surface area contributed by atoms with E-state index in [9.17, 15) is 4.79 Å². The number of hydrogen-bond acceptors (Lipinski definition) is 2.